The van der Waals surface area contributed by atoms with Crippen LogP contribution in [-0.4, -0.2) is 30.1 Å². The zero-order valence-corrected chi connectivity index (χ0v) is 15.8. The molecule has 0 amide bonds. The van der Waals surface area contributed by atoms with Crippen molar-refractivity contribution in [1.82, 2.24) is 24.3 Å². The van der Waals surface area contributed by atoms with Gasteiger partial charge in [-0.2, -0.15) is 23.0 Å². The third kappa shape index (κ3) is 2.94. The van der Waals surface area contributed by atoms with Crippen LogP contribution in [0.25, 0.3) is 28.0 Å². The molecule has 10 heteroatoms. The number of halogens is 4. The minimum absolute atomic E-state index is 0.153. The molecule has 4 aromatic rings. The van der Waals surface area contributed by atoms with Gasteiger partial charge in [0, 0.05) is 13.2 Å². The summed E-state index contributed by atoms with van der Waals surface area (Å²) in [6.45, 7) is 2.00. The minimum Gasteiger partial charge on any atom is -0.296 e. The molecule has 5 nitrogen and oxygen atoms in total. The first-order valence-corrected chi connectivity index (χ1v) is 9.37. The lowest BCUT2D eigenvalue weighted by molar-refractivity contribution is -0.137. The summed E-state index contributed by atoms with van der Waals surface area (Å²) >= 11 is 7.89. The number of rotatable bonds is 3. The van der Waals surface area contributed by atoms with Crippen LogP contribution >= 0.6 is 23.4 Å². The van der Waals surface area contributed by atoms with Gasteiger partial charge in [0.25, 0.3) is 0 Å². The van der Waals surface area contributed by atoms with E-state index in [2.05, 4.69) is 15.1 Å². The van der Waals surface area contributed by atoms with Crippen molar-refractivity contribution in [1.29, 1.82) is 0 Å². The van der Waals surface area contributed by atoms with Crippen molar-refractivity contribution >= 4 is 45.4 Å². The average Bonchev–Trinajstić information content (AvgIpc) is 3.13. The Morgan fingerprint density at radius 3 is 2.70 bits per heavy atom. The van der Waals surface area contributed by atoms with Gasteiger partial charge in [0.15, 0.2) is 5.65 Å². The van der Waals surface area contributed by atoms with E-state index in [9.17, 15) is 13.2 Å². The monoisotopic (exact) mass is 411 g/mol. The molecule has 0 radical (unpaired) electrons. The van der Waals surface area contributed by atoms with Gasteiger partial charge in [-0.05, 0) is 24.0 Å². The van der Waals surface area contributed by atoms with Crippen LogP contribution in [0.1, 0.15) is 12.5 Å². The SMILES string of the molecule is CCSc1c2c(Cl)cccc2nn1-c1nc2cc(C(F)(F)F)cnc2n1C. The predicted octanol–water partition coefficient (Wildman–Crippen LogP) is 5.09. The molecule has 0 aliphatic heterocycles. The van der Waals surface area contributed by atoms with Gasteiger partial charge in [-0.15, -0.1) is 11.8 Å². The number of nitrogens with zero attached hydrogens (tertiary/aromatic N) is 5. The Labute approximate surface area is 161 Å². The van der Waals surface area contributed by atoms with Gasteiger partial charge in [0.05, 0.1) is 21.5 Å². The van der Waals surface area contributed by atoms with E-state index in [4.69, 9.17) is 11.6 Å². The van der Waals surface area contributed by atoms with Crippen LogP contribution in [0.2, 0.25) is 5.02 Å². The second-order valence-electron chi connectivity index (χ2n) is 5.82. The molecule has 0 aliphatic carbocycles. The average molecular weight is 412 g/mol. The Balaban J connectivity index is 1.98. The Kier molecular flexibility index (Phi) is 4.31. The maximum absolute atomic E-state index is 13.0. The van der Waals surface area contributed by atoms with E-state index in [1.807, 2.05) is 13.0 Å². The van der Waals surface area contributed by atoms with E-state index in [0.29, 0.717) is 22.1 Å². The number of pyridine rings is 1. The molecule has 0 N–H and O–H groups in total. The van der Waals surface area contributed by atoms with E-state index in [-0.39, 0.29) is 5.52 Å². The number of aryl methyl sites for hydroxylation is 1. The fraction of sp³-hybridized carbons (Fsp3) is 0.235. The molecule has 0 aliphatic rings. The maximum Gasteiger partial charge on any atom is 0.417 e. The lowest BCUT2D eigenvalue weighted by atomic mass is 10.2. The molecule has 0 saturated carbocycles. The summed E-state index contributed by atoms with van der Waals surface area (Å²) in [6, 6.07) is 6.41. The molecule has 0 spiro atoms. The molecule has 0 unspecified atom stereocenters. The highest BCUT2D eigenvalue weighted by Crippen LogP contribution is 2.36. The number of imidazole rings is 1. The fourth-order valence-electron chi connectivity index (χ4n) is 2.88. The first kappa shape index (κ1) is 18.1. The fourth-order valence-corrected chi connectivity index (χ4v) is 4.07. The molecule has 3 heterocycles. The smallest absolute Gasteiger partial charge is 0.296 e. The number of fused-ring (bicyclic) bond motifs is 2. The molecular formula is C17H13ClF3N5S. The van der Waals surface area contributed by atoms with Gasteiger partial charge >= 0.3 is 6.18 Å². The Morgan fingerprint density at radius 2 is 2.00 bits per heavy atom. The standard InChI is InChI=1S/C17H13ClF3N5S/c1-3-27-15-13-10(18)5-4-6-11(13)24-26(15)16-23-12-7-9(17(19,20)21)8-22-14(12)25(16)2/h4-8H,3H2,1-2H3. The lowest BCUT2D eigenvalue weighted by Crippen LogP contribution is -2.07. The number of hydrogen-bond acceptors (Lipinski definition) is 4. The molecule has 4 rings (SSSR count). The molecule has 0 saturated heterocycles. The van der Waals surface area contributed by atoms with Gasteiger partial charge < -0.3 is 0 Å². The molecule has 0 bridgehead atoms. The Hall–Kier alpha value is -2.26. The third-order valence-electron chi connectivity index (χ3n) is 4.09. The molecule has 0 fully saturated rings. The number of thioether (sulfide) groups is 1. The molecule has 0 atom stereocenters. The summed E-state index contributed by atoms with van der Waals surface area (Å²) in [5, 5.41) is 6.71. The molecule has 140 valence electrons. The summed E-state index contributed by atoms with van der Waals surface area (Å²) in [6.07, 6.45) is -3.66. The summed E-state index contributed by atoms with van der Waals surface area (Å²) in [7, 11) is 1.69. The van der Waals surface area contributed by atoms with E-state index >= 15 is 0 Å². The largest absolute Gasteiger partial charge is 0.417 e. The van der Waals surface area contributed by atoms with Gasteiger partial charge in [-0.25, -0.2) is 9.97 Å². The molecule has 1 aromatic carbocycles. The lowest BCUT2D eigenvalue weighted by Gasteiger charge is -2.06. The van der Waals surface area contributed by atoms with Crippen LogP contribution in [0.4, 0.5) is 13.2 Å². The van der Waals surface area contributed by atoms with Crippen LogP contribution in [0.5, 0.6) is 0 Å². The van der Waals surface area contributed by atoms with Crippen LogP contribution < -0.4 is 0 Å². The van der Waals surface area contributed by atoms with Crippen molar-refractivity contribution in [2.45, 2.75) is 18.1 Å². The maximum atomic E-state index is 13.0. The van der Waals surface area contributed by atoms with Crippen LogP contribution in [0.15, 0.2) is 35.5 Å². The van der Waals surface area contributed by atoms with E-state index in [1.54, 1.807) is 28.4 Å². The molecular weight excluding hydrogens is 399 g/mol. The van der Waals surface area contributed by atoms with Crippen molar-refractivity contribution in [3.8, 4) is 5.95 Å². The summed E-state index contributed by atoms with van der Waals surface area (Å²) in [4.78, 5) is 8.32. The van der Waals surface area contributed by atoms with Gasteiger partial charge in [0.1, 0.15) is 10.5 Å². The number of hydrogen-bond donors (Lipinski definition) is 0. The van der Waals surface area contributed by atoms with Gasteiger partial charge in [-0.3, -0.25) is 4.57 Å². The Bertz CT molecular complexity index is 1160. The third-order valence-corrected chi connectivity index (χ3v) is 5.34. The Morgan fingerprint density at radius 1 is 1.22 bits per heavy atom. The van der Waals surface area contributed by atoms with Crippen molar-refractivity contribution < 1.29 is 13.2 Å². The van der Waals surface area contributed by atoms with Crippen LogP contribution in [-0.2, 0) is 13.2 Å². The highest BCUT2D eigenvalue weighted by atomic mass is 35.5. The zero-order chi connectivity index (χ0) is 19.3. The highest BCUT2D eigenvalue weighted by molar-refractivity contribution is 7.99. The quantitative estimate of drug-likeness (QED) is 0.440. The second kappa shape index (κ2) is 6.42. The normalized spacial score (nSPS) is 12.4. The van der Waals surface area contributed by atoms with Crippen molar-refractivity contribution in [3.05, 3.63) is 41.0 Å². The first-order chi connectivity index (χ1) is 12.8. The van der Waals surface area contributed by atoms with E-state index < -0.39 is 11.7 Å². The minimum atomic E-state index is -4.48. The van der Waals surface area contributed by atoms with E-state index in [0.717, 1.165) is 28.4 Å². The van der Waals surface area contributed by atoms with Crippen molar-refractivity contribution in [2.75, 3.05) is 5.75 Å². The van der Waals surface area contributed by atoms with Gasteiger partial charge in [0.2, 0.25) is 5.95 Å². The molecule has 3 aromatic heterocycles. The number of alkyl halides is 3. The van der Waals surface area contributed by atoms with Crippen molar-refractivity contribution in [2.24, 2.45) is 7.05 Å². The molecule has 27 heavy (non-hydrogen) atoms. The van der Waals surface area contributed by atoms with Crippen molar-refractivity contribution in [3.63, 3.8) is 0 Å². The number of benzene rings is 1. The number of aromatic nitrogens is 5. The summed E-state index contributed by atoms with van der Waals surface area (Å²) in [5.74, 6) is 1.15. The van der Waals surface area contributed by atoms with E-state index in [1.165, 1.54) is 11.8 Å². The van der Waals surface area contributed by atoms with Crippen LogP contribution in [0.3, 0.4) is 0 Å². The highest BCUT2D eigenvalue weighted by Gasteiger charge is 2.32. The summed E-state index contributed by atoms with van der Waals surface area (Å²) in [5.41, 5.74) is 0.349. The predicted molar refractivity (Wildman–Crippen MR) is 99.5 cm³/mol. The van der Waals surface area contributed by atoms with Gasteiger partial charge in [-0.1, -0.05) is 24.6 Å². The van der Waals surface area contributed by atoms with Crippen LogP contribution in [0, 0.1) is 0 Å². The first-order valence-electron chi connectivity index (χ1n) is 8.01. The second-order valence-corrected chi connectivity index (χ2v) is 7.48. The topological polar surface area (TPSA) is 48.5 Å². The summed E-state index contributed by atoms with van der Waals surface area (Å²) < 4.78 is 42.2. The zero-order valence-electron chi connectivity index (χ0n) is 14.3.